The van der Waals surface area contributed by atoms with Gasteiger partial charge in [0.2, 0.25) is 0 Å². The molecule has 2 amide bonds. The zero-order valence-corrected chi connectivity index (χ0v) is 15.2. The molecule has 1 N–H and O–H groups in total. The summed E-state index contributed by atoms with van der Waals surface area (Å²) < 4.78 is 5.52. The van der Waals surface area contributed by atoms with E-state index in [4.69, 9.17) is 4.74 Å². The first kappa shape index (κ1) is 18.0. The SMILES string of the molecule is CCOc1ccc(C(=O)Nc2ccccc2C(=O)N2CCCC2)cc1C. The molecule has 5 nitrogen and oxygen atoms in total. The molecule has 1 saturated heterocycles. The highest BCUT2D eigenvalue weighted by Crippen LogP contribution is 2.23. The Kier molecular flexibility index (Phi) is 5.56. The van der Waals surface area contributed by atoms with Crippen LogP contribution in [0.2, 0.25) is 0 Å². The van der Waals surface area contributed by atoms with Gasteiger partial charge in [0.15, 0.2) is 0 Å². The molecule has 3 rings (SSSR count). The van der Waals surface area contributed by atoms with E-state index in [1.54, 1.807) is 30.3 Å². The van der Waals surface area contributed by atoms with Crippen molar-refractivity contribution >= 4 is 17.5 Å². The van der Waals surface area contributed by atoms with Crippen LogP contribution in [0.4, 0.5) is 5.69 Å². The standard InChI is InChI=1S/C21H24N2O3/c1-3-26-19-11-10-16(14-15(19)2)20(24)22-18-9-5-4-8-17(18)21(25)23-12-6-7-13-23/h4-5,8-11,14H,3,6-7,12-13H2,1-2H3,(H,22,24). The summed E-state index contributed by atoms with van der Waals surface area (Å²) in [7, 11) is 0. The maximum atomic E-state index is 12.7. The Labute approximate surface area is 154 Å². The molecule has 0 unspecified atom stereocenters. The predicted molar refractivity (Wildman–Crippen MR) is 102 cm³/mol. The number of aryl methyl sites for hydroxylation is 1. The smallest absolute Gasteiger partial charge is 0.255 e. The van der Waals surface area contributed by atoms with Crippen molar-refractivity contribution in [1.29, 1.82) is 0 Å². The van der Waals surface area contributed by atoms with Gasteiger partial charge in [0.1, 0.15) is 5.75 Å². The number of rotatable bonds is 5. The third-order valence-corrected chi connectivity index (χ3v) is 4.54. The Balaban J connectivity index is 1.79. The van der Waals surface area contributed by atoms with Crippen LogP contribution in [0.1, 0.15) is 46.0 Å². The molecule has 0 radical (unpaired) electrons. The number of carbonyl (C=O) groups excluding carboxylic acids is 2. The largest absolute Gasteiger partial charge is 0.494 e. The van der Waals surface area contributed by atoms with Gasteiger partial charge in [-0.1, -0.05) is 12.1 Å². The quantitative estimate of drug-likeness (QED) is 0.888. The van der Waals surface area contributed by atoms with E-state index in [0.717, 1.165) is 37.2 Å². The lowest BCUT2D eigenvalue weighted by Crippen LogP contribution is -2.28. The number of nitrogens with one attached hydrogen (secondary N) is 1. The van der Waals surface area contributed by atoms with Crippen LogP contribution in [0.15, 0.2) is 42.5 Å². The van der Waals surface area contributed by atoms with Crippen LogP contribution in [-0.2, 0) is 0 Å². The van der Waals surface area contributed by atoms with E-state index >= 15 is 0 Å². The van der Waals surface area contributed by atoms with Crippen molar-refractivity contribution in [2.45, 2.75) is 26.7 Å². The van der Waals surface area contributed by atoms with Gasteiger partial charge in [0.05, 0.1) is 17.9 Å². The second kappa shape index (κ2) is 8.04. The van der Waals surface area contributed by atoms with E-state index < -0.39 is 0 Å². The molecule has 136 valence electrons. The average molecular weight is 352 g/mol. The van der Waals surface area contributed by atoms with E-state index in [0.29, 0.717) is 23.4 Å². The zero-order valence-electron chi connectivity index (χ0n) is 15.2. The third-order valence-electron chi connectivity index (χ3n) is 4.54. The molecular weight excluding hydrogens is 328 g/mol. The zero-order chi connectivity index (χ0) is 18.5. The van der Waals surface area contributed by atoms with Crippen LogP contribution in [0.3, 0.4) is 0 Å². The van der Waals surface area contributed by atoms with E-state index in [1.807, 2.05) is 30.9 Å². The second-order valence-electron chi connectivity index (χ2n) is 6.41. The Morgan fingerprint density at radius 2 is 1.85 bits per heavy atom. The Bertz CT molecular complexity index is 811. The van der Waals surface area contributed by atoms with Crippen molar-refractivity contribution in [3.63, 3.8) is 0 Å². The van der Waals surface area contributed by atoms with Gasteiger partial charge in [-0.25, -0.2) is 0 Å². The maximum Gasteiger partial charge on any atom is 0.255 e. The van der Waals surface area contributed by atoms with Crippen molar-refractivity contribution in [2.75, 3.05) is 25.0 Å². The molecule has 1 aliphatic heterocycles. The van der Waals surface area contributed by atoms with Crippen molar-refractivity contribution in [1.82, 2.24) is 4.90 Å². The normalized spacial score (nSPS) is 13.5. The molecule has 26 heavy (non-hydrogen) atoms. The lowest BCUT2D eigenvalue weighted by atomic mass is 10.1. The number of hydrogen-bond acceptors (Lipinski definition) is 3. The molecular formula is C21H24N2O3. The van der Waals surface area contributed by atoms with E-state index in [9.17, 15) is 9.59 Å². The summed E-state index contributed by atoms with van der Waals surface area (Å²) in [6, 6.07) is 12.5. The van der Waals surface area contributed by atoms with E-state index in [2.05, 4.69) is 5.32 Å². The third kappa shape index (κ3) is 3.87. The molecule has 1 aliphatic rings. The van der Waals surface area contributed by atoms with Gasteiger partial charge in [-0.3, -0.25) is 9.59 Å². The monoisotopic (exact) mass is 352 g/mol. The highest BCUT2D eigenvalue weighted by Gasteiger charge is 2.22. The molecule has 1 fully saturated rings. The molecule has 0 spiro atoms. The molecule has 1 heterocycles. The predicted octanol–water partition coefficient (Wildman–Crippen LogP) is 3.88. The van der Waals surface area contributed by atoms with Gasteiger partial charge in [0.25, 0.3) is 11.8 Å². The molecule has 0 bridgehead atoms. The summed E-state index contributed by atoms with van der Waals surface area (Å²) >= 11 is 0. The van der Waals surface area contributed by atoms with Gasteiger partial charge in [-0.15, -0.1) is 0 Å². The minimum atomic E-state index is -0.238. The van der Waals surface area contributed by atoms with Crippen LogP contribution >= 0.6 is 0 Å². The van der Waals surface area contributed by atoms with E-state index in [1.165, 1.54) is 0 Å². The number of nitrogens with zero attached hydrogens (tertiary/aromatic N) is 1. The number of carbonyl (C=O) groups is 2. The minimum absolute atomic E-state index is 0.0266. The van der Waals surface area contributed by atoms with Crippen molar-refractivity contribution in [3.05, 3.63) is 59.2 Å². The lowest BCUT2D eigenvalue weighted by molar-refractivity contribution is 0.0794. The highest BCUT2D eigenvalue weighted by atomic mass is 16.5. The number of benzene rings is 2. The van der Waals surface area contributed by atoms with Gasteiger partial charge >= 0.3 is 0 Å². The topological polar surface area (TPSA) is 58.6 Å². The first-order chi connectivity index (χ1) is 12.6. The fraction of sp³-hybridized carbons (Fsp3) is 0.333. The summed E-state index contributed by atoms with van der Waals surface area (Å²) in [5, 5.41) is 2.88. The van der Waals surface area contributed by atoms with Crippen LogP contribution in [0.25, 0.3) is 0 Å². The first-order valence-corrected chi connectivity index (χ1v) is 9.03. The van der Waals surface area contributed by atoms with Gasteiger partial charge < -0.3 is 15.0 Å². The second-order valence-corrected chi connectivity index (χ2v) is 6.41. The Morgan fingerprint density at radius 1 is 1.12 bits per heavy atom. The minimum Gasteiger partial charge on any atom is -0.494 e. The van der Waals surface area contributed by atoms with Gasteiger partial charge in [-0.2, -0.15) is 0 Å². The number of anilines is 1. The maximum absolute atomic E-state index is 12.7. The van der Waals surface area contributed by atoms with Gasteiger partial charge in [0, 0.05) is 18.7 Å². The fourth-order valence-electron chi connectivity index (χ4n) is 3.17. The van der Waals surface area contributed by atoms with Crippen molar-refractivity contribution in [2.24, 2.45) is 0 Å². The molecule has 0 aliphatic carbocycles. The fourth-order valence-corrected chi connectivity index (χ4v) is 3.17. The number of para-hydroxylation sites is 1. The van der Waals surface area contributed by atoms with Crippen LogP contribution < -0.4 is 10.1 Å². The van der Waals surface area contributed by atoms with Crippen LogP contribution in [-0.4, -0.2) is 36.4 Å². The first-order valence-electron chi connectivity index (χ1n) is 9.03. The van der Waals surface area contributed by atoms with Gasteiger partial charge in [-0.05, 0) is 62.6 Å². The molecule has 2 aromatic carbocycles. The summed E-state index contributed by atoms with van der Waals surface area (Å²) in [6.45, 7) is 5.97. The molecule has 0 atom stereocenters. The van der Waals surface area contributed by atoms with Crippen molar-refractivity contribution < 1.29 is 14.3 Å². The Morgan fingerprint density at radius 3 is 2.54 bits per heavy atom. The molecule has 0 aromatic heterocycles. The molecule has 2 aromatic rings. The lowest BCUT2D eigenvalue weighted by Gasteiger charge is -2.18. The number of ether oxygens (including phenoxy) is 1. The summed E-state index contributed by atoms with van der Waals surface area (Å²) in [4.78, 5) is 27.2. The molecule has 5 heteroatoms. The molecule has 0 saturated carbocycles. The Hall–Kier alpha value is -2.82. The number of likely N-dealkylation sites (tertiary alicyclic amines) is 1. The summed E-state index contributed by atoms with van der Waals surface area (Å²) in [5.41, 5.74) is 2.52. The van der Waals surface area contributed by atoms with Crippen molar-refractivity contribution in [3.8, 4) is 5.75 Å². The van der Waals surface area contributed by atoms with E-state index in [-0.39, 0.29) is 11.8 Å². The highest BCUT2D eigenvalue weighted by molar-refractivity contribution is 6.09. The summed E-state index contributed by atoms with van der Waals surface area (Å²) in [5.74, 6) is 0.507. The number of hydrogen-bond donors (Lipinski definition) is 1. The number of amides is 2. The van der Waals surface area contributed by atoms with Crippen LogP contribution in [0.5, 0.6) is 5.75 Å². The summed E-state index contributed by atoms with van der Waals surface area (Å²) in [6.07, 6.45) is 2.07. The van der Waals surface area contributed by atoms with Crippen LogP contribution in [0, 0.1) is 6.92 Å². The average Bonchev–Trinajstić information content (AvgIpc) is 3.18.